The van der Waals surface area contributed by atoms with Crippen molar-refractivity contribution in [1.82, 2.24) is 9.78 Å². The van der Waals surface area contributed by atoms with Gasteiger partial charge in [0.15, 0.2) is 0 Å². The van der Waals surface area contributed by atoms with Crippen LogP contribution in [0.5, 0.6) is 0 Å². The standard InChI is InChI=1S/C20H19N3O/c1-3-23-19(10-13(2)22-23)20(24)21-16-8-9-18-15(12-16)11-14-6-4-5-7-17(14)18/h4-10,12H,3,11H2,1-2H3,(H,21,24). The number of fused-ring (bicyclic) bond motifs is 3. The first-order chi connectivity index (χ1) is 11.7. The molecule has 4 heteroatoms. The highest BCUT2D eigenvalue weighted by molar-refractivity contribution is 6.03. The van der Waals surface area contributed by atoms with Crippen LogP contribution in [0.3, 0.4) is 0 Å². The van der Waals surface area contributed by atoms with Crippen molar-refractivity contribution in [2.45, 2.75) is 26.8 Å². The van der Waals surface area contributed by atoms with Gasteiger partial charge in [-0.15, -0.1) is 0 Å². The highest BCUT2D eigenvalue weighted by atomic mass is 16.2. The number of hydrogen-bond donors (Lipinski definition) is 1. The zero-order chi connectivity index (χ0) is 16.7. The first-order valence-electron chi connectivity index (χ1n) is 8.22. The second-order valence-corrected chi connectivity index (χ2v) is 6.15. The zero-order valence-electron chi connectivity index (χ0n) is 13.8. The van der Waals surface area contributed by atoms with Crippen LogP contribution >= 0.6 is 0 Å². The topological polar surface area (TPSA) is 46.9 Å². The molecular formula is C20H19N3O. The largest absolute Gasteiger partial charge is 0.321 e. The Kier molecular flexibility index (Phi) is 3.45. The molecule has 1 amide bonds. The van der Waals surface area contributed by atoms with Crippen LogP contribution in [0.1, 0.15) is 34.2 Å². The zero-order valence-corrected chi connectivity index (χ0v) is 13.8. The quantitative estimate of drug-likeness (QED) is 0.620. The van der Waals surface area contributed by atoms with Gasteiger partial charge in [0, 0.05) is 12.2 Å². The number of aromatic nitrogens is 2. The van der Waals surface area contributed by atoms with E-state index in [9.17, 15) is 4.79 Å². The number of carbonyl (C=O) groups is 1. The molecule has 2 aromatic carbocycles. The summed E-state index contributed by atoms with van der Waals surface area (Å²) in [6.07, 6.45) is 0.918. The van der Waals surface area contributed by atoms with Crippen LogP contribution in [-0.4, -0.2) is 15.7 Å². The smallest absolute Gasteiger partial charge is 0.273 e. The van der Waals surface area contributed by atoms with E-state index < -0.39 is 0 Å². The summed E-state index contributed by atoms with van der Waals surface area (Å²) < 4.78 is 1.73. The van der Waals surface area contributed by atoms with Crippen molar-refractivity contribution in [3.63, 3.8) is 0 Å². The van der Waals surface area contributed by atoms with Gasteiger partial charge in [0.25, 0.3) is 5.91 Å². The Bertz CT molecular complexity index is 940. The molecule has 1 aliphatic carbocycles. The lowest BCUT2D eigenvalue weighted by Crippen LogP contribution is -2.17. The normalized spacial score (nSPS) is 11.9. The van der Waals surface area contributed by atoms with Gasteiger partial charge in [-0.25, -0.2) is 0 Å². The van der Waals surface area contributed by atoms with Gasteiger partial charge >= 0.3 is 0 Å². The van der Waals surface area contributed by atoms with Gasteiger partial charge in [-0.1, -0.05) is 30.3 Å². The predicted molar refractivity (Wildman–Crippen MR) is 95.3 cm³/mol. The Morgan fingerprint density at radius 1 is 1.12 bits per heavy atom. The maximum atomic E-state index is 12.6. The number of nitrogens with one attached hydrogen (secondary N) is 1. The molecule has 0 atom stereocenters. The van der Waals surface area contributed by atoms with Gasteiger partial charge in [0.05, 0.1) is 5.69 Å². The molecule has 24 heavy (non-hydrogen) atoms. The van der Waals surface area contributed by atoms with Crippen molar-refractivity contribution in [3.05, 3.63) is 71.0 Å². The van der Waals surface area contributed by atoms with Gasteiger partial charge < -0.3 is 5.32 Å². The summed E-state index contributed by atoms with van der Waals surface area (Å²) in [6, 6.07) is 16.4. The van der Waals surface area contributed by atoms with Crippen LogP contribution in [0.15, 0.2) is 48.5 Å². The van der Waals surface area contributed by atoms with Crippen LogP contribution in [0.25, 0.3) is 11.1 Å². The van der Waals surface area contributed by atoms with Crippen molar-refractivity contribution >= 4 is 11.6 Å². The lowest BCUT2D eigenvalue weighted by atomic mass is 10.1. The van der Waals surface area contributed by atoms with Crippen LogP contribution in [-0.2, 0) is 13.0 Å². The van der Waals surface area contributed by atoms with E-state index >= 15 is 0 Å². The van der Waals surface area contributed by atoms with Crippen LogP contribution in [0.2, 0.25) is 0 Å². The van der Waals surface area contributed by atoms with Crippen molar-refractivity contribution < 1.29 is 4.79 Å². The minimum absolute atomic E-state index is 0.118. The Hall–Kier alpha value is -2.88. The van der Waals surface area contributed by atoms with E-state index in [1.165, 1.54) is 22.3 Å². The lowest BCUT2D eigenvalue weighted by Gasteiger charge is -2.08. The van der Waals surface area contributed by atoms with Crippen molar-refractivity contribution in [2.75, 3.05) is 5.32 Å². The van der Waals surface area contributed by atoms with Crippen molar-refractivity contribution in [1.29, 1.82) is 0 Å². The summed E-state index contributed by atoms with van der Waals surface area (Å²) >= 11 is 0. The van der Waals surface area contributed by atoms with Gasteiger partial charge in [0.1, 0.15) is 5.69 Å². The summed E-state index contributed by atoms with van der Waals surface area (Å²) in [7, 11) is 0. The summed E-state index contributed by atoms with van der Waals surface area (Å²) in [5.41, 5.74) is 7.44. The van der Waals surface area contributed by atoms with E-state index in [2.05, 4.69) is 46.8 Å². The summed E-state index contributed by atoms with van der Waals surface area (Å²) in [5, 5.41) is 7.34. The Labute approximate surface area is 141 Å². The number of aryl methyl sites for hydroxylation is 2. The highest BCUT2D eigenvalue weighted by Gasteiger charge is 2.19. The average Bonchev–Trinajstić information content (AvgIpc) is 3.14. The van der Waals surface area contributed by atoms with Crippen LogP contribution in [0.4, 0.5) is 5.69 Å². The number of anilines is 1. The molecule has 0 spiro atoms. The van der Waals surface area contributed by atoms with Gasteiger partial charge in [-0.3, -0.25) is 9.48 Å². The fraction of sp³-hybridized carbons (Fsp3) is 0.200. The molecule has 0 radical (unpaired) electrons. The molecule has 120 valence electrons. The molecule has 0 aliphatic heterocycles. The van der Waals surface area contributed by atoms with Gasteiger partial charge in [-0.05, 0) is 60.7 Å². The molecule has 1 aliphatic rings. The van der Waals surface area contributed by atoms with E-state index in [0.29, 0.717) is 12.2 Å². The fourth-order valence-electron chi connectivity index (χ4n) is 3.39. The molecular weight excluding hydrogens is 298 g/mol. The Balaban J connectivity index is 1.61. The van der Waals surface area contributed by atoms with Crippen molar-refractivity contribution in [3.8, 4) is 11.1 Å². The molecule has 3 aromatic rings. The molecule has 1 heterocycles. The number of rotatable bonds is 3. The Morgan fingerprint density at radius 3 is 2.75 bits per heavy atom. The summed E-state index contributed by atoms with van der Waals surface area (Å²) in [5.74, 6) is -0.118. The molecule has 0 bridgehead atoms. The maximum absolute atomic E-state index is 12.6. The second-order valence-electron chi connectivity index (χ2n) is 6.15. The van der Waals surface area contributed by atoms with E-state index in [0.717, 1.165) is 17.8 Å². The molecule has 0 fully saturated rings. The maximum Gasteiger partial charge on any atom is 0.273 e. The number of amides is 1. The molecule has 4 rings (SSSR count). The van der Waals surface area contributed by atoms with Gasteiger partial charge in [0.2, 0.25) is 0 Å². The Morgan fingerprint density at radius 2 is 1.92 bits per heavy atom. The third-order valence-electron chi connectivity index (χ3n) is 4.49. The van der Waals surface area contributed by atoms with E-state index in [1.54, 1.807) is 4.68 Å². The molecule has 1 N–H and O–H groups in total. The van der Waals surface area contributed by atoms with Crippen molar-refractivity contribution in [2.24, 2.45) is 0 Å². The fourth-order valence-corrected chi connectivity index (χ4v) is 3.39. The van der Waals surface area contributed by atoms with Gasteiger partial charge in [-0.2, -0.15) is 5.10 Å². The molecule has 0 saturated heterocycles. The number of benzene rings is 2. The minimum Gasteiger partial charge on any atom is -0.321 e. The highest BCUT2D eigenvalue weighted by Crippen LogP contribution is 2.37. The number of hydrogen-bond acceptors (Lipinski definition) is 2. The third kappa shape index (κ3) is 2.40. The molecule has 0 saturated carbocycles. The minimum atomic E-state index is -0.118. The summed E-state index contributed by atoms with van der Waals surface area (Å²) in [4.78, 5) is 12.6. The SMILES string of the molecule is CCn1nc(C)cc1C(=O)Nc1ccc2c(c1)Cc1ccccc1-2. The molecule has 0 unspecified atom stereocenters. The molecule has 4 nitrogen and oxygen atoms in total. The first kappa shape index (κ1) is 14.7. The lowest BCUT2D eigenvalue weighted by molar-refractivity contribution is 0.101. The van der Waals surface area contributed by atoms with Crippen LogP contribution < -0.4 is 5.32 Å². The summed E-state index contributed by atoms with van der Waals surface area (Å²) in [6.45, 7) is 4.56. The number of nitrogens with zero attached hydrogens (tertiary/aromatic N) is 2. The van der Waals surface area contributed by atoms with E-state index in [4.69, 9.17) is 0 Å². The molecule has 1 aromatic heterocycles. The van der Waals surface area contributed by atoms with E-state index in [1.807, 2.05) is 26.0 Å². The second kappa shape index (κ2) is 5.64. The van der Waals surface area contributed by atoms with Crippen LogP contribution in [0, 0.1) is 6.92 Å². The first-order valence-corrected chi connectivity index (χ1v) is 8.22. The third-order valence-corrected chi connectivity index (χ3v) is 4.49. The van der Waals surface area contributed by atoms with E-state index in [-0.39, 0.29) is 5.91 Å². The average molecular weight is 317 g/mol. The number of carbonyl (C=O) groups excluding carboxylic acids is 1. The monoisotopic (exact) mass is 317 g/mol. The predicted octanol–water partition coefficient (Wildman–Crippen LogP) is 4.03.